The van der Waals surface area contributed by atoms with Crippen molar-refractivity contribution in [1.82, 2.24) is 4.98 Å². The smallest absolute Gasteiger partial charge is 0.270 e. The predicted octanol–water partition coefficient (Wildman–Crippen LogP) is 4.62. The van der Waals surface area contributed by atoms with Crippen molar-refractivity contribution in [3.05, 3.63) is 69.8 Å². The van der Waals surface area contributed by atoms with Crippen LogP contribution in [0.5, 0.6) is 0 Å². The van der Waals surface area contributed by atoms with Gasteiger partial charge in [-0.25, -0.2) is 4.98 Å². The van der Waals surface area contributed by atoms with Gasteiger partial charge in [0.15, 0.2) is 0 Å². The van der Waals surface area contributed by atoms with Crippen LogP contribution < -0.4 is 10.2 Å². The number of rotatable bonds is 5. The van der Waals surface area contributed by atoms with Crippen molar-refractivity contribution in [2.24, 2.45) is 0 Å². The van der Waals surface area contributed by atoms with Crippen LogP contribution in [0.15, 0.2) is 48.5 Å². The molecule has 0 radical (unpaired) electrons. The molecular weight excluding hydrogens is 366 g/mol. The molecule has 0 aliphatic carbocycles. The van der Waals surface area contributed by atoms with E-state index in [0.717, 1.165) is 13.1 Å². The quantitative estimate of drug-likeness (QED) is 0.507. The Bertz CT molecular complexity index is 1100. The summed E-state index contributed by atoms with van der Waals surface area (Å²) in [5.74, 6) is 0.580. The standard InChI is InChI=1S/C22H21N5O2/c23-14-17-12-22(25-20-9-8-18(27(28)29)13-19(17)20)24-15-16-6-2-3-7-21(16)26-10-4-1-5-11-26/h2-3,6-9,12-13H,1,4-5,10-11,15H2,(H,24,25). The first-order chi connectivity index (χ1) is 14.2. The van der Waals surface area contributed by atoms with Crippen LogP contribution in [0.2, 0.25) is 0 Å². The van der Waals surface area contributed by atoms with Gasteiger partial charge in [0.2, 0.25) is 0 Å². The minimum atomic E-state index is -0.468. The van der Waals surface area contributed by atoms with Crippen molar-refractivity contribution >= 4 is 28.1 Å². The Hall–Kier alpha value is -3.66. The van der Waals surface area contributed by atoms with Crippen LogP contribution in [0.1, 0.15) is 30.4 Å². The van der Waals surface area contributed by atoms with E-state index in [4.69, 9.17) is 0 Å². The van der Waals surface area contributed by atoms with Crippen LogP contribution in [-0.4, -0.2) is 23.0 Å². The number of aromatic nitrogens is 1. The third-order valence-corrected chi connectivity index (χ3v) is 5.27. The Balaban J connectivity index is 1.60. The molecule has 0 bridgehead atoms. The van der Waals surface area contributed by atoms with Gasteiger partial charge >= 0.3 is 0 Å². The summed E-state index contributed by atoms with van der Waals surface area (Å²) in [5, 5.41) is 24.3. The minimum Gasteiger partial charge on any atom is -0.371 e. The van der Waals surface area contributed by atoms with Crippen molar-refractivity contribution in [1.29, 1.82) is 5.26 Å². The van der Waals surface area contributed by atoms with Crippen LogP contribution in [0.3, 0.4) is 0 Å². The molecule has 1 aromatic heterocycles. The van der Waals surface area contributed by atoms with E-state index in [-0.39, 0.29) is 5.69 Å². The molecule has 29 heavy (non-hydrogen) atoms. The lowest BCUT2D eigenvalue weighted by molar-refractivity contribution is -0.384. The van der Waals surface area contributed by atoms with Gasteiger partial charge < -0.3 is 10.2 Å². The number of nitrogens with zero attached hydrogens (tertiary/aromatic N) is 4. The van der Waals surface area contributed by atoms with Gasteiger partial charge in [-0.1, -0.05) is 18.2 Å². The number of para-hydroxylation sites is 1. The first-order valence-corrected chi connectivity index (χ1v) is 9.72. The second-order valence-electron chi connectivity index (χ2n) is 7.16. The molecule has 7 heteroatoms. The Morgan fingerprint density at radius 2 is 1.93 bits per heavy atom. The molecule has 2 aromatic carbocycles. The van der Waals surface area contributed by atoms with Gasteiger partial charge in [0.1, 0.15) is 5.82 Å². The fourth-order valence-electron chi connectivity index (χ4n) is 3.80. The number of nitrogens with one attached hydrogen (secondary N) is 1. The maximum Gasteiger partial charge on any atom is 0.270 e. The summed E-state index contributed by atoms with van der Waals surface area (Å²) in [7, 11) is 0. The molecule has 1 aliphatic rings. The highest BCUT2D eigenvalue weighted by molar-refractivity contribution is 5.88. The number of nitro groups is 1. The maximum absolute atomic E-state index is 11.0. The summed E-state index contributed by atoms with van der Waals surface area (Å²) in [6.07, 6.45) is 3.71. The van der Waals surface area contributed by atoms with E-state index in [0.29, 0.717) is 28.8 Å². The molecular formula is C22H21N5O2. The molecule has 0 unspecified atom stereocenters. The van der Waals surface area contributed by atoms with Crippen LogP contribution >= 0.6 is 0 Å². The number of nitro benzene ring substituents is 1. The number of benzene rings is 2. The van der Waals surface area contributed by atoms with Crippen molar-refractivity contribution in [2.75, 3.05) is 23.3 Å². The molecule has 7 nitrogen and oxygen atoms in total. The van der Waals surface area contributed by atoms with Gasteiger partial charge in [0.05, 0.1) is 22.1 Å². The van der Waals surface area contributed by atoms with E-state index < -0.39 is 4.92 Å². The largest absolute Gasteiger partial charge is 0.371 e. The normalized spacial score (nSPS) is 13.8. The fraction of sp³-hybridized carbons (Fsp3) is 0.273. The summed E-state index contributed by atoms with van der Waals surface area (Å²) in [6.45, 7) is 2.73. The van der Waals surface area contributed by atoms with Gasteiger partial charge in [-0.2, -0.15) is 5.26 Å². The molecule has 146 valence electrons. The van der Waals surface area contributed by atoms with E-state index in [1.165, 1.54) is 42.6 Å². The molecule has 0 saturated carbocycles. The van der Waals surface area contributed by atoms with Gasteiger partial charge in [-0.05, 0) is 43.0 Å². The molecule has 1 fully saturated rings. The SMILES string of the molecule is N#Cc1cc(NCc2ccccc2N2CCCCC2)nc2ccc([N+](=O)[O-])cc12. The van der Waals surface area contributed by atoms with Crippen LogP contribution in [0.4, 0.5) is 17.2 Å². The lowest BCUT2D eigenvalue weighted by Gasteiger charge is -2.30. The summed E-state index contributed by atoms with van der Waals surface area (Å²) in [4.78, 5) is 17.5. The monoisotopic (exact) mass is 387 g/mol. The van der Waals surface area contributed by atoms with Gasteiger partial charge in [-0.3, -0.25) is 10.1 Å². The van der Waals surface area contributed by atoms with E-state index in [2.05, 4.69) is 39.5 Å². The van der Waals surface area contributed by atoms with Gasteiger partial charge in [0.25, 0.3) is 5.69 Å². The number of anilines is 2. The van der Waals surface area contributed by atoms with Crippen LogP contribution in [-0.2, 0) is 6.54 Å². The van der Waals surface area contributed by atoms with E-state index in [1.807, 2.05) is 6.07 Å². The Labute approximate surface area is 168 Å². The maximum atomic E-state index is 11.0. The summed E-state index contributed by atoms with van der Waals surface area (Å²) in [5.41, 5.74) is 3.29. The molecule has 2 heterocycles. The number of fused-ring (bicyclic) bond motifs is 1. The van der Waals surface area contributed by atoms with E-state index in [1.54, 1.807) is 12.1 Å². The topological polar surface area (TPSA) is 95.1 Å². The molecule has 1 N–H and O–H groups in total. The number of non-ortho nitro benzene ring substituents is 1. The summed E-state index contributed by atoms with van der Waals surface area (Å²) < 4.78 is 0. The van der Waals surface area contributed by atoms with Crippen LogP contribution in [0.25, 0.3) is 10.9 Å². The van der Waals surface area contributed by atoms with Crippen LogP contribution in [0, 0.1) is 21.4 Å². The van der Waals surface area contributed by atoms with Crippen molar-refractivity contribution < 1.29 is 4.92 Å². The Morgan fingerprint density at radius 3 is 2.69 bits per heavy atom. The first-order valence-electron chi connectivity index (χ1n) is 9.72. The third kappa shape index (κ3) is 3.97. The summed E-state index contributed by atoms with van der Waals surface area (Å²) in [6, 6.07) is 16.5. The lowest BCUT2D eigenvalue weighted by Crippen LogP contribution is -2.30. The average molecular weight is 387 g/mol. The van der Waals surface area contributed by atoms with E-state index >= 15 is 0 Å². The number of hydrogen-bond donors (Lipinski definition) is 1. The molecule has 3 aromatic rings. The summed E-state index contributed by atoms with van der Waals surface area (Å²) >= 11 is 0. The van der Waals surface area contributed by atoms with Gasteiger partial charge in [-0.15, -0.1) is 0 Å². The second kappa shape index (κ2) is 8.15. The molecule has 4 rings (SSSR count). The fourth-order valence-corrected chi connectivity index (χ4v) is 3.80. The van der Waals surface area contributed by atoms with Gasteiger partial charge in [0, 0.05) is 42.8 Å². The zero-order chi connectivity index (χ0) is 20.2. The van der Waals surface area contributed by atoms with Crippen molar-refractivity contribution in [2.45, 2.75) is 25.8 Å². The van der Waals surface area contributed by atoms with Crippen molar-refractivity contribution in [3.8, 4) is 6.07 Å². The lowest BCUT2D eigenvalue weighted by atomic mass is 10.1. The zero-order valence-electron chi connectivity index (χ0n) is 16.0. The molecule has 0 atom stereocenters. The predicted molar refractivity (Wildman–Crippen MR) is 113 cm³/mol. The number of piperidine rings is 1. The van der Waals surface area contributed by atoms with E-state index in [9.17, 15) is 15.4 Å². The highest BCUT2D eigenvalue weighted by Crippen LogP contribution is 2.27. The molecule has 1 saturated heterocycles. The molecule has 0 spiro atoms. The first kappa shape index (κ1) is 18.7. The second-order valence-corrected chi connectivity index (χ2v) is 7.16. The highest BCUT2D eigenvalue weighted by Gasteiger charge is 2.15. The molecule has 0 amide bonds. The minimum absolute atomic E-state index is 0.0491. The van der Waals surface area contributed by atoms with Crippen molar-refractivity contribution in [3.63, 3.8) is 0 Å². The number of nitriles is 1. The average Bonchev–Trinajstić information content (AvgIpc) is 2.77. The highest BCUT2D eigenvalue weighted by atomic mass is 16.6. The third-order valence-electron chi connectivity index (χ3n) is 5.27. The number of hydrogen-bond acceptors (Lipinski definition) is 6. The number of pyridine rings is 1. The zero-order valence-corrected chi connectivity index (χ0v) is 16.0. The Kier molecular flexibility index (Phi) is 5.25. The molecule has 1 aliphatic heterocycles. The Morgan fingerprint density at radius 1 is 1.14 bits per heavy atom.